The maximum atomic E-state index is 10.4. The van der Waals surface area contributed by atoms with Gasteiger partial charge in [0.2, 0.25) is 0 Å². The number of nitrogens with one attached hydrogen (secondary N) is 1. The van der Waals surface area contributed by atoms with E-state index in [0.717, 1.165) is 49.2 Å². The van der Waals surface area contributed by atoms with Crippen LogP contribution in [0.5, 0.6) is 0 Å². The molecule has 2 heterocycles. The van der Waals surface area contributed by atoms with E-state index in [0.29, 0.717) is 0 Å². The van der Waals surface area contributed by atoms with Gasteiger partial charge >= 0.3 is 0 Å². The number of para-hydroxylation sites is 1. The summed E-state index contributed by atoms with van der Waals surface area (Å²) in [7, 11) is 0. The SMILES string of the molecule is OC(C1=COCCC1)c1cccc2c1NCC2. The molecule has 0 radical (unpaired) electrons. The first-order valence-corrected chi connectivity index (χ1v) is 6.20. The summed E-state index contributed by atoms with van der Waals surface area (Å²) in [6.07, 6.45) is 4.15. The highest BCUT2D eigenvalue weighted by Gasteiger charge is 2.22. The van der Waals surface area contributed by atoms with E-state index in [2.05, 4.69) is 11.4 Å². The van der Waals surface area contributed by atoms with Crippen molar-refractivity contribution < 1.29 is 9.84 Å². The number of fused-ring (bicyclic) bond motifs is 1. The maximum absolute atomic E-state index is 10.4. The van der Waals surface area contributed by atoms with E-state index < -0.39 is 6.10 Å². The Morgan fingerprint density at radius 2 is 2.24 bits per heavy atom. The molecule has 0 saturated carbocycles. The summed E-state index contributed by atoms with van der Waals surface area (Å²) in [5.74, 6) is 0. The highest BCUT2D eigenvalue weighted by atomic mass is 16.5. The van der Waals surface area contributed by atoms with Crippen LogP contribution in [-0.2, 0) is 11.2 Å². The molecule has 0 saturated heterocycles. The van der Waals surface area contributed by atoms with E-state index >= 15 is 0 Å². The van der Waals surface area contributed by atoms with E-state index in [9.17, 15) is 5.11 Å². The zero-order valence-corrected chi connectivity index (χ0v) is 9.78. The molecule has 2 aliphatic rings. The number of anilines is 1. The monoisotopic (exact) mass is 231 g/mol. The second kappa shape index (κ2) is 4.41. The minimum Gasteiger partial charge on any atom is -0.501 e. The average Bonchev–Trinajstić information content (AvgIpc) is 2.87. The lowest BCUT2D eigenvalue weighted by Gasteiger charge is -2.21. The quantitative estimate of drug-likeness (QED) is 0.821. The fourth-order valence-corrected chi connectivity index (χ4v) is 2.58. The van der Waals surface area contributed by atoms with E-state index in [-0.39, 0.29) is 0 Å². The molecule has 0 amide bonds. The van der Waals surface area contributed by atoms with Crippen molar-refractivity contribution in [3.8, 4) is 0 Å². The largest absolute Gasteiger partial charge is 0.501 e. The molecule has 3 nitrogen and oxygen atoms in total. The van der Waals surface area contributed by atoms with Crippen molar-refractivity contribution in [3.05, 3.63) is 41.2 Å². The molecular formula is C14H17NO2. The number of aliphatic hydroxyl groups is 1. The molecule has 3 heteroatoms. The zero-order chi connectivity index (χ0) is 11.7. The minimum absolute atomic E-state index is 0.532. The van der Waals surface area contributed by atoms with Gasteiger partial charge in [-0.05, 0) is 30.4 Å². The highest BCUT2D eigenvalue weighted by molar-refractivity contribution is 5.62. The van der Waals surface area contributed by atoms with Gasteiger partial charge in [0.25, 0.3) is 0 Å². The first-order chi connectivity index (χ1) is 8.36. The van der Waals surface area contributed by atoms with Crippen LogP contribution in [0.4, 0.5) is 5.69 Å². The topological polar surface area (TPSA) is 41.5 Å². The number of benzene rings is 1. The number of hydrogen-bond donors (Lipinski definition) is 2. The normalized spacial score (nSPS) is 19.9. The van der Waals surface area contributed by atoms with Gasteiger partial charge in [0.15, 0.2) is 0 Å². The molecule has 2 aliphatic heterocycles. The summed E-state index contributed by atoms with van der Waals surface area (Å²) in [4.78, 5) is 0. The second-order valence-electron chi connectivity index (χ2n) is 4.63. The molecule has 3 rings (SSSR count). The lowest BCUT2D eigenvalue weighted by atomic mass is 9.95. The van der Waals surface area contributed by atoms with Crippen LogP contribution in [0.3, 0.4) is 0 Å². The first-order valence-electron chi connectivity index (χ1n) is 6.20. The van der Waals surface area contributed by atoms with E-state index in [1.165, 1.54) is 5.56 Å². The Morgan fingerprint density at radius 1 is 1.29 bits per heavy atom. The fraction of sp³-hybridized carbons (Fsp3) is 0.429. The van der Waals surface area contributed by atoms with Crippen LogP contribution in [0.25, 0.3) is 0 Å². The lowest BCUT2D eigenvalue weighted by Crippen LogP contribution is -2.09. The third kappa shape index (κ3) is 1.91. The smallest absolute Gasteiger partial charge is 0.105 e. The summed E-state index contributed by atoms with van der Waals surface area (Å²) >= 11 is 0. The third-order valence-corrected chi connectivity index (χ3v) is 3.49. The predicted molar refractivity (Wildman–Crippen MR) is 66.9 cm³/mol. The summed E-state index contributed by atoms with van der Waals surface area (Å²) in [6.45, 7) is 1.73. The molecule has 0 aliphatic carbocycles. The minimum atomic E-state index is -0.532. The van der Waals surface area contributed by atoms with Crippen LogP contribution in [0.15, 0.2) is 30.0 Å². The molecule has 2 N–H and O–H groups in total. The summed E-state index contributed by atoms with van der Waals surface area (Å²) < 4.78 is 5.30. The molecule has 1 aromatic carbocycles. The van der Waals surface area contributed by atoms with Crippen LogP contribution in [0.2, 0.25) is 0 Å². The number of rotatable bonds is 2. The zero-order valence-electron chi connectivity index (χ0n) is 9.78. The molecule has 1 unspecified atom stereocenters. The van der Waals surface area contributed by atoms with Crippen LogP contribution < -0.4 is 5.32 Å². The molecule has 0 spiro atoms. The van der Waals surface area contributed by atoms with E-state index in [1.54, 1.807) is 6.26 Å². The van der Waals surface area contributed by atoms with Crippen molar-refractivity contribution in [1.82, 2.24) is 0 Å². The van der Waals surface area contributed by atoms with Gasteiger partial charge in [-0.3, -0.25) is 0 Å². The number of aliphatic hydroxyl groups excluding tert-OH is 1. The molecule has 17 heavy (non-hydrogen) atoms. The van der Waals surface area contributed by atoms with Gasteiger partial charge in [0.1, 0.15) is 6.10 Å². The Hall–Kier alpha value is -1.48. The number of hydrogen-bond acceptors (Lipinski definition) is 3. The molecule has 1 atom stereocenters. The van der Waals surface area contributed by atoms with Gasteiger partial charge in [-0.25, -0.2) is 0 Å². The Labute approximate surface area is 101 Å². The Balaban J connectivity index is 1.93. The van der Waals surface area contributed by atoms with Crippen LogP contribution >= 0.6 is 0 Å². The molecular weight excluding hydrogens is 214 g/mol. The molecule has 1 aromatic rings. The third-order valence-electron chi connectivity index (χ3n) is 3.49. The van der Waals surface area contributed by atoms with E-state index in [4.69, 9.17) is 4.74 Å². The van der Waals surface area contributed by atoms with Crippen LogP contribution in [-0.4, -0.2) is 18.3 Å². The molecule has 0 fully saturated rings. The molecule has 0 bridgehead atoms. The lowest BCUT2D eigenvalue weighted by molar-refractivity contribution is 0.171. The van der Waals surface area contributed by atoms with Crippen molar-refractivity contribution in [3.63, 3.8) is 0 Å². The molecule has 0 aromatic heterocycles. The highest BCUT2D eigenvalue weighted by Crippen LogP contribution is 2.35. The molecule has 90 valence electrons. The second-order valence-corrected chi connectivity index (χ2v) is 4.63. The Kier molecular flexibility index (Phi) is 2.77. The van der Waals surface area contributed by atoms with Crippen molar-refractivity contribution in [2.24, 2.45) is 0 Å². The van der Waals surface area contributed by atoms with Crippen molar-refractivity contribution in [1.29, 1.82) is 0 Å². The fourth-order valence-electron chi connectivity index (χ4n) is 2.58. The predicted octanol–water partition coefficient (Wildman–Crippen LogP) is 2.38. The van der Waals surface area contributed by atoms with Crippen molar-refractivity contribution in [2.75, 3.05) is 18.5 Å². The van der Waals surface area contributed by atoms with Crippen molar-refractivity contribution in [2.45, 2.75) is 25.4 Å². The van der Waals surface area contributed by atoms with Crippen LogP contribution in [0, 0.1) is 0 Å². The Morgan fingerprint density at radius 3 is 3.06 bits per heavy atom. The summed E-state index contributed by atoms with van der Waals surface area (Å²) in [5, 5.41) is 13.8. The van der Waals surface area contributed by atoms with Gasteiger partial charge in [-0.15, -0.1) is 0 Å². The van der Waals surface area contributed by atoms with Gasteiger partial charge < -0.3 is 15.2 Å². The van der Waals surface area contributed by atoms with Crippen molar-refractivity contribution >= 4 is 5.69 Å². The van der Waals surface area contributed by atoms with Crippen LogP contribution in [0.1, 0.15) is 30.1 Å². The maximum Gasteiger partial charge on any atom is 0.105 e. The van der Waals surface area contributed by atoms with Gasteiger partial charge in [0, 0.05) is 17.8 Å². The Bertz CT molecular complexity index is 454. The summed E-state index contributed by atoms with van der Waals surface area (Å²) in [5.41, 5.74) is 4.39. The number of ether oxygens (including phenoxy) is 1. The van der Waals surface area contributed by atoms with E-state index in [1.807, 2.05) is 12.1 Å². The van der Waals surface area contributed by atoms with Gasteiger partial charge in [-0.1, -0.05) is 18.2 Å². The van der Waals surface area contributed by atoms with Gasteiger partial charge in [0.05, 0.1) is 12.9 Å². The van der Waals surface area contributed by atoms with Gasteiger partial charge in [-0.2, -0.15) is 0 Å². The summed E-state index contributed by atoms with van der Waals surface area (Å²) in [6, 6.07) is 6.14. The average molecular weight is 231 g/mol. The first kappa shape index (κ1) is 10.7. The standard InChI is InChI=1S/C14H17NO2/c16-14(11-4-2-8-17-9-11)12-5-1-3-10-6-7-15-13(10)12/h1,3,5,9,14-16H,2,4,6-8H2.